The predicted octanol–water partition coefficient (Wildman–Crippen LogP) is -0.557. The number of carbonyl (C=O) groups is 2. The Morgan fingerprint density at radius 3 is 2.52 bits per heavy atom. The van der Waals surface area contributed by atoms with Gasteiger partial charge in [-0.25, -0.2) is 12.7 Å². The molecule has 2 saturated heterocycles. The zero-order chi connectivity index (χ0) is 15.5. The lowest BCUT2D eigenvalue weighted by Crippen LogP contribution is -2.49. The van der Waals surface area contributed by atoms with Crippen LogP contribution in [0.3, 0.4) is 0 Å². The third kappa shape index (κ3) is 4.41. The number of nitrogens with zero attached hydrogens (tertiary/aromatic N) is 1. The first-order valence-corrected chi connectivity index (χ1v) is 9.26. The van der Waals surface area contributed by atoms with E-state index in [0.717, 1.165) is 12.8 Å². The third-order valence-electron chi connectivity index (χ3n) is 4.15. The maximum atomic E-state index is 12.2. The lowest BCUT2D eigenvalue weighted by Gasteiger charge is -2.30. The molecule has 2 aliphatic heterocycles. The monoisotopic (exact) mass is 317 g/mol. The predicted molar refractivity (Wildman–Crippen MR) is 77.9 cm³/mol. The molecule has 2 heterocycles. The van der Waals surface area contributed by atoms with Crippen LogP contribution in [0.15, 0.2) is 0 Å². The number of sulfonamides is 1. The molecule has 2 N–H and O–H groups in total. The SMILES string of the molecule is CS(=O)(=O)N1CCC(C(=O)N[C@@H]2CCCCNC2=O)CC1. The summed E-state index contributed by atoms with van der Waals surface area (Å²) in [6.45, 7) is 1.40. The molecule has 0 aliphatic carbocycles. The Labute approximate surface area is 125 Å². The molecule has 0 aromatic heterocycles. The third-order valence-corrected chi connectivity index (χ3v) is 5.45. The van der Waals surface area contributed by atoms with Crippen molar-refractivity contribution in [3.05, 3.63) is 0 Å². The highest BCUT2D eigenvalue weighted by atomic mass is 32.2. The molecule has 0 radical (unpaired) electrons. The molecule has 2 fully saturated rings. The van der Waals surface area contributed by atoms with Gasteiger partial charge in [0.2, 0.25) is 21.8 Å². The van der Waals surface area contributed by atoms with Gasteiger partial charge in [-0.15, -0.1) is 0 Å². The van der Waals surface area contributed by atoms with Crippen LogP contribution in [-0.2, 0) is 19.6 Å². The smallest absolute Gasteiger partial charge is 0.242 e. The fraction of sp³-hybridized carbons (Fsp3) is 0.846. The van der Waals surface area contributed by atoms with E-state index in [-0.39, 0.29) is 17.7 Å². The molecule has 0 saturated carbocycles. The van der Waals surface area contributed by atoms with Crippen molar-refractivity contribution in [3.8, 4) is 0 Å². The Bertz CT molecular complexity index is 498. The van der Waals surface area contributed by atoms with Gasteiger partial charge in [-0.05, 0) is 32.1 Å². The first-order valence-electron chi connectivity index (χ1n) is 7.41. The van der Waals surface area contributed by atoms with Crippen LogP contribution in [0.25, 0.3) is 0 Å². The standard InChI is InChI=1S/C13H23N3O4S/c1-21(19,20)16-8-5-10(6-9-16)12(17)15-11-4-2-3-7-14-13(11)18/h10-11H,2-9H2,1H3,(H,14,18)(H,15,17)/t11-/m1/s1. The van der Waals surface area contributed by atoms with Gasteiger partial charge in [-0.1, -0.05) is 0 Å². The summed E-state index contributed by atoms with van der Waals surface area (Å²) in [5, 5.41) is 5.60. The summed E-state index contributed by atoms with van der Waals surface area (Å²) in [7, 11) is -3.18. The van der Waals surface area contributed by atoms with Gasteiger partial charge in [0.05, 0.1) is 6.26 Å². The van der Waals surface area contributed by atoms with Gasteiger partial charge in [-0.2, -0.15) is 0 Å². The second-order valence-corrected chi connectivity index (χ2v) is 7.77. The van der Waals surface area contributed by atoms with Crippen LogP contribution in [0, 0.1) is 5.92 Å². The number of hydrogen-bond donors (Lipinski definition) is 2. The normalized spacial score (nSPS) is 26.0. The Hall–Kier alpha value is -1.15. The molecule has 8 heteroatoms. The topological polar surface area (TPSA) is 95.6 Å². The van der Waals surface area contributed by atoms with E-state index < -0.39 is 16.1 Å². The zero-order valence-electron chi connectivity index (χ0n) is 12.3. The van der Waals surface area contributed by atoms with Crippen molar-refractivity contribution >= 4 is 21.8 Å². The van der Waals surface area contributed by atoms with Crippen molar-refractivity contribution in [3.63, 3.8) is 0 Å². The van der Waals surface area contributed by atoms with Gasteiger partial charge in [0.1, 0.15) is 6.04 Å². The summed E-state index contributed by atoms with van der Waals surface area (Å²) in [6, 6.07) is -0.451. The molecule has 2 aliphatic rings. The van der Waals surface area contributed by atoms with Crippen molar-refractivity contribution in [2.24, 2.45) is 5.92 Å². The van der Waals surface area contributed by atoms with E-state index in [2.05, 4.69) is 10.6 Å². The molecule has 7 nitrogen and oxygen atoms in total. The average Bonchev–Trinajstić information content (AvgIpc) is 2.63. The minimum Gasteiger partial charge on any atom is -0.354 e. The Kier molecular flexibility index (Phi) is 5.21. The van der Waals surface area contributed by atoms with Gasteiger partial charge < -0.3 is 10.6 Å². The van der Waals surface area contributed by atoms with E-state index in [4.69, 9.17) is 0 Å². The molecule has 0 aromatic carbocycles. The van der Waals surface area contributed by atoms with Crippen LogP contribution in [0.1, 0.15) is 32.1 Å². The number of amides is 2. The summed E-state index contributed by atoms with van der Waals surface area (Å²) >= 11 is 0. The first kappa shape index (κ1) is 16.2. The summed E-state index contributed by atoms with van der Waals surface area (Å²) in [6.07, 6.45) is 4.71. The van der Waals surface area contributed by atoms with Gasteiger partial charge >= 0.3 is 0 Å². The number of piperidine rings is 1. The molecule has 2 rings (SSSR count). The average molecular weight is 317 g/mol. The Morgan fingerprint density at radius 1 is 1.24 bits per heavy atom. The fourth-order valence-electron chi connectivity index (χ4n) is 2.82. The maximum Gasteiger partial charge on any atom is 0.242 e. The first-order chi connectivity index (χ1) is 9.88. The summed E-state index contributed by atoms with van der Waals surface area (Å²) < 4.78 is 24.3. The van der Waals surface area contributed by atoms with Crippen LogP contribution >= 0.6 is 0 Å². The summed E-state index contributed by atoms with van der Waals surface area (Å²) in [5.41, 5.74) is 0. The van der Waals surface area contributed by atoms with Crippen molar-refractivity contribution in [2.75, 3.05) is 25.9 Å². The van der Waals surface area contributed by atoms with Crippen LogP contribution in [0.4, 0.5) is 0 Å². The molecule has 0 spiro atoms. The lowest BCUT2D eigenvalue weighted by molar-refractivity contribution is -0.131. The van der Waals surface area contributed by atoms with E-state index in [1.165, 1.54) is 10.6 Å². The van der Waals surface area contributed by atoms with Crippen molar-refractivity contribution in [2.45, 2.75) is 38.1 Å². The van der Waals surface area contributed by atoms with E-state index in [9.17, 15) is 18.0 Å². The Balaban J connectivity index is 1.86. The molecular formula is C13H23N3O4S. The molecule has 0 aromatic rings. The van der Waals surface area contributed by atoms with Gasteiger partial charge in [0, 0.05) is 25.6 Å². The van der Waals surface area contributed by atoms with E-state index in [0.29, 0.717) is 38.9 Å². The number of nitrogens with one attached hydrogen (secondary N) is 2. The minimum absolute atomic E-state index is 0.116. The van der Waals surface area contributed by atoms with Crippen LogP contribution in [0.2, 0.25) is 0 Å². The summed E-state index contributed by atoms with van der Waals surface area (Å²) in [5.74, 6) is -0.460. The number of rotatable bonds is 3. The number of carbonyl (C=O) groups excluding carboxylic acids is 2. The van der Waals surface area contributed by atoms with Crippen molar-refractivity contribution in [1.29, 1.82) is 0 Å². The van der Waals surface area contributed by atoms with Crippen LogP contribution in [-0.4, -0.2) is 56.5 Å². The molecule has 21 heavy (non-hydrogen) atoms. The highest BCUT2D eigenvalue weighted by molar-refractivity contribution is 7.88. The minimum atomic E-state index is -3.18. The highest BCUT2D eigenvalue weighted by Gasteiger charge is 2.31. The maximum absolute atomic E-state index is 12.2. The quantitative estimate of drug-likeness (QED) is 0.729. The molecule has 0 unspecified atom stereocenters. The van der Waals surface area contributed by atoms with Crippen molar-refractivity contribution < 1.29 is 18.0 Å². The highest BCUT2D eigenvalue weighted by Crippen LogP contribution is 2.19. The molecular weight excluding hydrogens is 294 g/mol. The van der Waals surface area contributed by atoms with Gasteiger partial charge in [0.15, 0.2) is 0 Å². The lowest BCUT2D eigenvalue weighted by atomic mass is 9.96. The molecule has 120 valence electrons. The van der Waals surface area contributed by atoms with Crippen molar-refractivity contribution in [1.82, 2.24) is 14.9 Å². The van der Waals surface area contributed by atoms with Crippen LogP contribution < -0.4 is 10.6 Å². The molecule has 2 amide bonds. The van der Waals surface area contributed by atoms with E-state index in [1.54, 1.807) is 0 Å². The van der Waals surface area contributed by atoms with Crippen LogP contribution in [0.5, 0.6) is 0 Å². The second kappa shape index (κ2) is 6.74. The van der Waals surface area contributed by atoms with E-state index >= 15 is 0 Å². The van der Waals surface area contributed by atoms with Gasteiger partial charge in [-0.3, -0.25) is 9.59 Å². The number of hydrogen-bond acceptors (Lipinski definition) is 4. The second-order valence-electron chi connectivity index (χ2n) is 5.78. The summed E-state index contributed by atoms with van der Waals surface area (Å²) in [4.78, 5) is 24.0. The molecule has 0 bridgehead atoms. The molecule has 1 atom stereocenters. The van der Waals surface area contributed by atoms with Gasteiger partial charge in [0.25, 0.3) is 0 Å². The largest absolute Gasteiger partial charge is 0.354 e. The fourth-order valence-corrected chi connectivity index (χ4v) is 3.69. The van der Waals surface area contributed by atoms with E-state index in [1.807, 2.05) is 0 Å². The Morgan fingerprint density at radius 2 is 1.90 bits per heavy atom. The zero-order valence-corrected chi connectivity index (χ0v) is 13.1.